The predicted molar refractivity (Wildman–Crippen MR) is 56.2 cm³/mol. The molecule has 0 spiro atoms. The monoisotopic (exact) mass is 292 g/mol. The third-order valence-corrected chi connectivity index (χ3v) is 2.62. The van der Waals surface area contributed by atoms with Crippen LogP contribution in [0.15, 0.2) is 16.6 Å². The van der Waals surface area contributed by atoms with Crippen molar-refractivity contribution in [1.29, 1.82) is 0 Å². The summed E-state index contributed by atoms with van der Waals surface area (Å²) in [5.41, 5.74) is 0.161. The van der Waals surface area contributed by atoms with Crippen molar-refractivity contribution in [2.75, 3.05) is 0 Å². The van der Waals surface area contributed by atoms with E-state index in [2.05, 4.69) is 20.7 Å². The SMILES string of the molecule is CC(=O)c1c(C=O)ccc(OC(F)F)c1Br. The van der Waals surface area contributed by atoms with Crippen molar-refractivity contribution < 1.29 is 23.1 Å². The molecule has 0 saturated carbocycles. The minimum absolute atomic E-state index is 0.0353. The third kappa shape index (κ3) is 2.63. The molecule has 0 aliphatic rings. The zero-order valence-corrected chi connectivity index (χ0v) is 9.75. The van der Waals surface area contributed by atoms with Crippen LogP contribution in [-0.2, 0) is 0 Å². The zero-order chi connectivity index (χ0) is 12.3. The van der Waals surface area contributed by atoms with Gasteiger partial charge in [0.05, 0.1) is 4.47 Å². The molecule has 86 valence electrons. The van der Waals surface area contributed by atoms with E-state index in [4.69, 9.17) is 0 Å². The van der Waals surface area contributed by atoms with Crippen LogP contribution in [0.5, 0.6) is 5.75 Å². The molecule has 1 aromatic carbocycles. The van der Waals surface area contributed by atoms with Crippen molar-refractivity contribution in [3.63, 3.8) is 0 Å². The maximum Gasteiger partial charge on any atom is 0.387 e. The number of hydrogen-bond acceptors (Lipinski definition) is 3. The average Bonchev–Trinajstić information content (AvgIpc) is 2.19. The molecule has 1 aromatic rings. The molecule has 0 aliphatic heterocycles. The minimum Gasteiger partial charge on any atom is -0.434 e. The number of benzene rings is 1. The normalized spacial score (nSPS) is 10.3. The van der Waals surface area contributed by atoms with Gasteiger partial charge in [-0.1, -0.05) is 0 Å². The van der Waals surface area contributed by atoms with Crippen LogP contribution in [0.3, 0.4) is 0 Å². The lowest BCUT2D eigenvalue weighted by atomic mass is 10.1. The van der Waals surface area contributed by atoms with Gasteiger partial charge in [-0.15, -0.1) is 0 Å². The van der Waals surface area contributed by atoms with Crippen LogP contribution in [0.1, 0.15) is 27.6 Å². The van der Waals surface area contributed by atoms with Crippen molar-refractivity contribution in [3.05, 3.63) is 27.7 Å². The Labute approximate surface area is 98.5 Å². The molecule has 0 radical (unpaired) electrons. The molecule has 0 amide bonds. The highest BCUT2D eigenvalue weighted by molar-refractivity contribution is 9.10. The van der Waals surface area contributed by atoms with E-state index < -0.39 is 12.4 Å². The van der Waals surface area contributed by atoms with Gasteiger partial charge in [0.25, 0.3) is 0 Å². The number of alkyl halides is 2. The molecule has 0 bridgehead atoms. The first-order valence-corrected chi connectivity index (χ1v) is 5.00. The second-order valence-electron chi connectivity index (χ2n) is 2.89. The molecule has 0 aromatic heterocycles. The molecule has 16 heavy (non-hydrogen) atoms. The number of Topliss-reactive ketones (excluding diaryl/α,β-unsaturated/α-hetero) is 1. The molecule has 3 nitrogen and oxygen atoms in total. The van der Waals surface area contributed by atoms with Crippen LogP contribution in [-0.4, -0.2) is 18.7 Å². The van der Waals surface area contributed by atoms with Crippen LogP contribution in [0, 0.1) is 0 Å². The van der Waals surface area contributed by atoms with Crippen molar-refractivity contribution in [2.24, 2.45) is 0 Å². The molecule has 0 saturated heterocycles. The average molecular weight is 293 g/mol. The van der Waals surface area contributed by atoms with E-state index in [9.17, 15) is 18.4 Å². The van der Waals surface area contributed by atoms with E-state index in [0.29, 0.717) is 6.29 Å². The Kier molecular flexibility index (Phi) is 4.12. The van der Waals surface area contributed by atoms with E-state index in [0.717, 1.165) is 0 Å². The van der Waals surface area contributed by atoms with Gasteiger partial charge in [0.15, 0.2) is 12.1 Å². The maximum atomic E-state index is 12.0. The van der Waals surface area contributed by atoms with E-state index in [1.807, 2.05) is 0 Å². The second-order valence-corrected chi connectivity index (χ2v) is 3.69. The number of carbonyl (C=O) groups excluding carboxylic acids is 2. The number of ketones is 1. The maximum absolute atomic E-state index is 12.0. The molecular formula is C10H7BrF2O3. The van der Waals surface area contributed by atoms with Crippen LogP contribution >= 0.6 is 15.9 Å². The van der Waals surface area contributed by atoms with Crippen LogP contribution < -0.4 is 4.74 Å². The summed E-state index contributed by atoms with van der Waals surface area (Å²) in [6.07, 6.45) is 0.480. The smallest absolute Gasteiger partial charge is 0.387 e. The lowest BCUT2D eigenvalue weighted by Crippen LogP contribution is -2.06. The van der Waals surface area contributed by atoms with E-state index >= 15 is 0 Å². The van der Waals surface area contributed by atoms with E-state index in [-0.39, 0.29) is 21.3 Å². The molecule has 1 rings (SSSR count). The van der Waals surface area contributed by atoms with Crippen LogP contribution in [0.25, 0.3) is 0 Å². The molecule has 0 N–H and O–H groups in total. The summed E-state index contributed by atoms with van der Waals surface area (Å²) in [5.74, 6) is -0.584. The predicted octanol–water partition coefficient (Wildman–Crippen LogP) is 3.07. The Morgan fingerprint density at radius 3 is 2.56 bits per heavy atom. The topological polar surface area (TPSA) is 43.4 Å². The number of halogens is 3. The Bertz CT molecular complexity index is 432. The highest BCUT2D eigenvalue weighted by Gasteiger charge is 2.17. The minimum atomic E-state index is -2.99. The molecule has 0 fully saturated rings. The van der Waals surface area contributed by atoms with Gasteiger partial charge >= 0.3 is 6.61 Å². The summed E-state index contributed by atoms with van der Waals surface area (Å²) in [6, 6.07) is 2.46. The van der Waals surface area contributed by atoms with Gasteiger partial charge in [0, 0.05) is 11.1 Å². The summed E-state index contributed by atoms with van der Waals surface area (Å²) in [6.45, 7) is -1.75. The lowest BCUT2D eigenvalue weighted by Gasteiger charge is -2.10. The van der Waals surface area contributed by atoms with Gasteiger partial charge in [-0.25, -0.2) is 0 Å². The van der Waals surface area contributed by atoms with Crippen LogP contribution in [0.4, 0.5) is 8.78 Å². The largest absolute Gasteiger partial charge is 0.434 e. The summed E-state index contributed by atoms with van der Waals surface area (Å²) < 4.78 is 28.3. The van der Waals surface area contributed by atoms with E-state index in [1.165, 1.54) is 19.1 Å². The summed E-state index contributed by atoms with van der Waals surface area (Å²) in [7, 11) is 0. The van der Waals surface area contributed by atoms with E-state index in [1.54, 1.807) is 0 Å². The van der Waals surface area contributed by atoms with Gasteiger partial charge in [-0.2, -0.15) is 8.78 Å². The molecule has 0 aliphatic carbocycles. The fraction of sp³-hybridized carbons (Fsp3) is 0.200. The first kappa shape index (κ1) is 12.8. The van der Waals surface area contributed by atoms with Crippen molar-refractivity contribution in [3.8, 4) is 5.75 Å². The Balaban J connectivity index is 3.31. The highest BCUT2D eigenvalue weighted by Crippen LogP contribution is 2.32. The van der Waals surface area contributed by atoms with Crippen molar-refractivity contribution >= 4 is 28.0 Å². The Morgan fingerprint density at radius 2 is 2.12 bits per heavy atom. The fourth-order valence-electron chi connectivity index (χ4n) is 1.21. The molecular weight excluding hydrogens is 286 g/mol. The summed E-state index contributed by atoms with van der Waals surface area (Å²) >= 11 is 2.96. The third-order valence-electron chi connectivity index (χ3n) is 1.83. The molecule has 0 unspecified atom stereocenters. The van der Waals surface area contributed by atoms with Gasteiger partial charge in [0.1, 0.15) is 5.75 Å². The molecule has 0 heterocycles. The van der Waals surface area contributed by atoms with Crippen LogP contribution in [0.2, 0.25) is 0 Å². The number of ether oxygens (including phenoxy) is 1. The van der Waals surface area contributed by atoms with Gasteiger partial charge in [-0.3, -0.25) is 9.59 Å². The fourth-order valence-corrected chi connectivity index (χ4v) is 1.95. The molecule has 0 atom stereocenters. The quantitative estimate of drug-likeness (QED) is 0.633. The summed E-state index contributed by atoms with van der Waals surface area (Å²) in [5, 5.41) is 0. The summed E-state index contributed by atoms with van der Waals surface area (Å²) in [4.78, 5) is 21.9. The number of rotatable bonds is 4. The highest BCUT2D eigenvalue weighted by atomic mass is 79.9. The zero-order valence-electron chi connectivity index (χ0n) is 8.17. The molecule has 6 heteroatoms. The van der Waals surface area contributed by atoms with Gasteiger partial charge in [0.2, 0.25) is 0 Å². The second kappa shape index (κ2) is 5.16. The standard InChI is InChI=1S/C10H7BrF2O3/c1-5(15)8-6(4-14)2-3-7(9(8)11)16-10(12)13/h2-4,10H,1H3. The Hall–Kier alpha value is -1.30. The number of hydrogen-bond donors (Lipinski definition) is 0. The first-order chi connectivity index (χ1) is 7.47. The van der Waals surface area contributed by atoms with Crippen molar-refractivity contribution in [2.45, 2.75) is 13.5 Å². The first-order valence-electron chi connectivity index (χ1n) is 4.20. The number of carbonyl (C=O) groups is 2. The Morgan fingerprint density at radius 1 is 1.50 bits per heavy atom. The number of aldehydes is 1. The lowest BCUT2D eigenvalue weighted by molar-refractivity contribution is -0.0504. The van der Waals surface area contributed by atoms with Gasteiger partial charge in [-0.05, 0) is 35.0 Å². The van der Waals surface area contributed by atoms with Crippen molar-refractivity contribution in [1.82, 2.24) is 0 Å². The van der Waals surface area contributed by atoms with Gasteiger partial charge < -0.3 is 4.74 Å².